The predicted octanol–water partition coefficient (Wildman–Crippen LogP) is 3.66. The molecule has 0 bridgehead atoms. The van der Waals surface area contributed by atoms with Gasteiger partial charge in [-0.05, 0) is 17.5 Å². The average molecular weight is 346 g/mol. The zero-order valence-electron chi connectivity index (χ0n) is 13.2. The highest BCUT2D eigenvalue weighted by Crippen LogP contribution is 2.24. The molecule has 0 atom stereocenters. The van der Waals surface area contributed by atoms with Crippen LogP contribution in [0.25, 0.3) is 10.6 Å². The lowest BCUT2D eigenvalue weighted by Crippen LogP contribution is -2.25. The summed E-state index contributed by atoms with van der Waals surface area (Å²) in [5, 5.41) is 12.4. The Labute approximate surface area is 143 Å². The fourth-order valence-corrected chi connectivity index (χ4v) is 3.67. The summed E-state index contributed by atoms with van der Waals surface area (Å²) in [6, 6.07) is 5.79. The van der Waals surface area contributed by atoms with Crippen molar-refractivity contribution in [1.82, 2.24) is 20.1 Å². The molecule has 23 heavy (non-hydrogen) atoms. The molecular weight excluding hydrogens is 328 g/mol. The molecule has 0 spiro atoms. The van der Waals surface area contributed by atoms with E-state index in [1.165, 1.54) is 0 Å². The van der Waals surface area contributed by atoms with Gasteiger partial charge in [-0.3, -0.25) is 9.48 Å². The Bertz CT molecular complexity index is 802. The molecular formula is C16H18N4OS2. The SMILES string of the molecule is CC(C)c1nc(CNC(=O)c2cc(-c3cccs3)nn2C)cs1. The van der Waals surface area contributed by atoms with Crippen molar-refractivity contribution in [1.29, 1.82) is 0 Å². The lowest BCUT2D eigenvalue weighted by atomic mass is 10.2. The standard InChI is InChI=1S/C16H18N4OS2/c1-10(2)16-18-11(9-23-16)8-17-15(21)13-7-12(19-20(13)3)14-5-4-6-22-14/h4-7,9-10H,8H2,1-3H3,(H,17,21). The van der Waals surface area contributed by atoms with Crippen LogP contribution in [0.2, 0.25) is 0 Å². The molecule has 3 heterocycles. The highest BCUT2D eigenvalue weighted by molar-refractivity contribution is 7.13. The zero-order chi connectivity index (χ0) is 16.4. The van der Waals surface area contributed by atoms with Gasteiger partial charge in [-0.25, -0.2) is 4.98 Å². The zero-order valence-corrected chi connectivity index (χ0v) is 14.9. The Morgan fingerprint density at radius 3 is 2.87 bits per heavy atom. The second-order valence-electron chi connectivity index (χ2n) is 5.53. The molecule has 0 aliphatic heterocycles. The number of nitrogens with one attached hydrogen (secondary N) is 1. The van der Waals surface area contributed by atoms with Gasteiger partial charge in [-0.15, -0.1) is 22.7 Å². The number of rotatable bonds is 5. The van der Waals surface area contributed by atoms with Crippen LogP contribution < -0.4 is 5.32 Å². The molecule has 0 aromatic carbocycles. The molecule has 5 nitrogen and oxygen atoms in total. The van der Waals surface area contributed by atoms with Crippen LogP contribution in [0.15, 0.2) is 29.0 Å². The Balaban J connectivity index is 1.68. The molecule has 0 fully saturated rings. The van der Waals surface area contributed by atoms with Crippen LogP contribution in [0.4, 0.5) is 0 Å². The largest absolute Gasteiger partial charge is 0.345 e. The molecule has 3 rings (SSSR count). The fourth-order valence-electron chi connectivity index (χ4n) is 2.15. The summed E-state index contributed by atoms with van der Waals surface area (Å²) in [6.07, 6.45) is 0. The van der Waals surface area contributed by atoms with E-state index in [4.69, 9.17) is 0 Å². The van der Waals surface area contributed by atoms with Crippen LogP contribution in [-0.2, 0) is 13.6 Å². The number of hydrogen-bond acceptors (Lipinski definition) is 5. The topological polar surface area (TPSA) is 59.8 Å². The number of aryl methyl sites for hydroxylation is 1. The van der Waals surface area contributed by atoms with Gasteiger partial charge >= 0.3 is 0 Å². The normalized spacial score (nSPS) is 11.1. The van der Waals surface area contributed by atoms with E-state index in [1.54, 1.807) is 34.4 Å². The summed E-state index contributed by atoms with van der Waals surface area (Å²) in [7, 11) is 1.78. The van der Waals surface area contributed by atoms with Crippen molar-refractivity contribution in [3.63, 3.8) is 0 Å². The van der Waals surface area contributed by atoms with Crippen LogP contribution in [0.5, 0.6) is 0 Å². The molecule has 0 saturated heterocycles. The van der Waals surface area contributed by atoms with Crippen molar-refractivity contribution in [2.45, 2.75) is 26.3 Å². The highest BCUT2D eigenvalue weighted by Gasteiger charge is 2.15. The van der Waals surface area contributed by atoms with Crippen LogP contribution in [0.3, 0.4) is 0 Å². The maximum Gasteiger partial charge on any atom is 0.269 e. The third-order valence-electron chi connectivity index (χ3n) is 3.38. The van der Waals surface area contributed by atoms with E-state index in [2.05, 4.69) is 29.2 Å². The molecule has 0 unspecified atom stereocenters. The highest BCUT2D eigenvalue weighted by atomic mass is 32.1. The maximum absolute atomic E-state index is 12.4. The van der Waals surface area contributed by atoms with Gasteiger partial charge in [-0.2, -0.15) is 5.10 Å². The monoisotopic (exact) mass is 346 g/mol. The van der Waals surface area contributed by atoms with Crippen molar-refractivity contribution >= 4 is 28.6 Å². The molecule has 3 aromatic rings. The first-order chi connectivity index (χ1) is 11.0. The maximum atomic E-state index is 12.4. The second-order valence-corrected chi connectivity index (χ2v) is 7.37. The van der Waals surface area contributed by atoms with E-state index in [9.17, 15) is 4.79 Å². The summed E-state index contributed by atoms with van der Waals surface area (Å²) >= 11 is 3.24. The van der Waals surface area contributed by atoms with Crippen LogP contribution >= 0.6 is 22.7 Å². The molecule has 7 heteroatoms. The van der Waals surface area contributed by atoms with Crippen molar-refractivity contribution in [2.24, 2.45) is 7.05 Å². The van der Waals surface area contributed by atoms with E-state index in [1.807, 2.05) is 29.0 Å². The summed E-state index contributed by atoms with van der Waals surface area (Å²) in [6.45, 7) is 4.66. The number of thiazole rings is 1. The number of amides is 1. The predicted molar refractivity (Wildman–Crippen MR) is 93.9 cm³/mol. The van der Waals surface area contributed by atoms with Gasteiger partial charge in [0.1, 0.15) is 11.4 Å². The molecule has 0 aliphatic carbocycles. The van der Waals surface area contributed by atoms with Crippen molar-refractivity contribution in [3.05, 3.63) is 45.4 Å². The van der Waals surface area contributed by atoms with Gasteiger partial charge in [0, 0.05) is 18.3 Å². The van der Waals surface area contributed by atoms with Crippen molar-refractivity contribution in [2.75, 3.05) is 0 Å². The lowest BCUT2D eigenvalue weighted by Gasteiger charge is -2.03. The smallest absolute Gasteiger partial charge is 0.269 e. The minimum absolute atomic E-state index is 0.137. The Morgan fingerprint density at radius 1 is 1.39 bits per heavy atom. The first-order valence-corrected chi connectivity index (χ1v) is 9.11. The second kappa shape index (κ2) is 6.64. The summed E-state index contributed by atoms with van der Waals surface area (Å²) in [5.41, 5.74) is 2.27. The van der Waals surface area contributed by atoms with E-state index in [-0.39, 0.29) is 5.91 Å². The first-order valence-electron chi connectivity index (χ1n) is 7.35. The van der Waals surface area contributed by atoms with Gasteiger partial charge in [-0.1, -0.05) is 19.9 Å². The number of carbonyl (C=O) groups is 1. The van der Waals surface area contributed by atoms with Gasteiger partial charge in [0.05, 0.1) is 22.1 Å². The molecule has 120 valence electrons. The number of carbonyl (C=O) groups excluding carboxylic acids is 1. The number of nitrogens with zero attached hydrogens (tertiary/aromatic N) is 3. The number of hydrogen-bond donors (Lipinski definition) is 1. The first kappa shape index (κ1) is 15.9. The average Bonchev–Trinajstić information content (AvgIpc) is 3.24. The van der Waals surface area contributed by atoms with E-state index < -0.39 is 0 Å². The molecule has 0 radical (unpaired) electrons. The lowest BCUT2D eigenvalue weighted by molar-refractivity contribution is 0.0941. The van der Waals surface area contributed by atoms with Gasteiger partial charge in [0.15, 0.2) is 0 Å². The molecule has 1 amide bonds. The van der Waals surface area contributed by atoms with Crippen molar-refractivity contribution in [3.8, 4) is 10.6 Å². The summed E-state index contributed by atoms with van der Waals surface area (Å²) < 4.78 is 1.62. The minimum atomic E-state index is -0.137. The van der Waals surface area contributed by atoms with Gasteiger partial charge in [0.2, 0.25) is 0 Å². The van der Waals surface area contributed by atoms with Crippen LogP contribution in [0.1, 0.15) is 41.0 Å². The third-order valence-corrected chi connectivity index (χ3v) is 5.47. The fraction of sp³-hybridized carbons (Fsp3) is 0.312. The molecule has 0 saturated carbocycles. The summed E-state index contributed by atoms with van der Waals surface area (Å²) in [4.78, 5) is 18.0. The third kappa shape index (κ3) is 3.51. The van der Waals surface area contributed by atoms with E-state index >= 15 is 0 Å². The molecule has 1 N–H and O–H groups in total. The number of aromatic nitrogens is 3. The van der Waals surface area contributed by atoms with Gasteiger partial charge < -0.3 is 5.32 Å². The van der Waals surface area contributed by atoms with Crippen LogP contribution in [0, 0.1) is 0 Å². The number of thiophene rings is 1. The van der Waals surface area contributed by atoms with E-state index in [0.29, 0.717) is 18.2 Å². The Hall–Kier alpha value is -1.99. The van der Waals surface area contributed by atoms with E-state index in [0.717, 1.165) is 21.3 Å². The Morgan fingerprint density at radius 2 is 2.22 bits per heavy atom. The Kier molecular flexibility index (Phi) is 4.58. The molecule has 3 aromatic heterocycles. The van der Waals surface area contributed by atoms with Crippen molar-refractivity contribution < 1.29 is 4.79 Å². The quantitative estimate of drug-likeness (QED) is 0.767. The summed E-state index contributed by atoms with van der Waals surface area (Å²) in [5.74, 6) is 0.275. The van der Waals surface area contributed by atoms with Crippen LogP contribution in [-0.4, -0.2) is 20.7 Å². The minimum Gasteiger partial charge on any atom is -0.345 e. The molecule has 0 aliphatic rings. The van der Waals surface area contributed by atoms with Gasteiger partial charge in [0.25, 0.3) is 5.91 Å².